The summed E-state index contributed by atoms with van der Waals surface area (Å²) in [5.74, 6) is 0.244. The van der Waals surface area contributed by atoms with Gasteiger partial charge in [-0.1, -0.05) is 12.1 Å². The Balaban J connectivity index is 1.93. The molecule has 100 valence electrons. The average molecular weight is 268 g/mol. The molecule has 2 aromatic heterocycles. The minimum Gasteiger partial charge on any atom is -0.387 e. The molecule has 2 N–H and O–H groups in total. The lowest BCUT2D eigenvalue weighted by Crippen LogP contribution is -2.15. The minimum absolute atomic E-state index is 0.465. The Morgan fingerprint density at radius 1 is 1.20 bits per heavy atom. The molecule has 0 bridgehead atoms. The first-order valence-electron chi connectivity index (χ1n) is 6.07. The molecule has 3 aromatic rings. The number of carbonyl (C=O) groups excluding carboxylic acids is 1. The second kappa shape index (κ2) is 5.10. The van der Waals surface area contributed by atoms with Crippen molar-refractivity contribution in [3.63, 3.8) is 0 Å². The summed E-state index contributed by atoms with van der Waals surface area (Å²) in [4.78, 5) is 19.7. The number of anilines is 1. The number of aromatic nitrogens is 3. The largest absolute Gasteiger partial charge is 0.387 e. The van der Waals surface area contributed by atoms with Gasteiger partial charge in [0.25, 0.3) is 0 Å². The van der Waals surface area contributed by atoms with Gasteiger partial charge in [-0.3, -0.25) is 9.36 Å². The molecule has 0 aliphatic carbocycles. The van der Waals surface area contributed by atoms with Crippen LogP contribution in [0.2, 0.25) is 0 Å². The highest BCUT2D eigenvalue weighted by Gasteiger charge is 2.05. The van der Waals surface area contributed by atoms with E-state index in [1.165, 1.54) is 6.20 Å². The van der Waals surface area contributed by atoms with Crippen molar-refractivity contribution >= 4 is 22.6 Å². The van der Waals surface area contributed by atoms with Crippen molar-refractivity contribution < 1.29 is 9.90 Å². The van der Waals surface area contributed by atoms with Crippen molar-refractivity contribution in [2.24, 2.45) is 0 Å². The van der Waals surface area contributed by atoms with E-state index >= 15 is 0 Å². The fourth-order valence-electron chi connectivity index (χ4n) is 1.94. The van der Waals surface area contributed by atoms with Crippen LogP contribution in [-0.2, 0) is 4.79 Å². The van der Waals surface area contributed by atoms with Crippen LogP contribution in [0.5, 0.6) is 0 Å². The monoisotopic (exact) mass is 268 g/mol. The number of aliphatic hydroxyl groups is 1. The van der Waals surface area contributed by atoms with E-state index in [2.05, 4.69) is 15.3 Å². The summed E-state index contributed by atoms with van der Waals surface area (Å²) >= 11 is 0. The van der Waals surface area contributed by atoms with Crippen LogP contribution < -0.4 is 5.32 Å². The highest BCUT2D eigenvalue weighted by atomic mass is 16.3. The van der Waals surface area contributed by atoms with Gasteiger partial charge in [-0.25, -0.2) is 9.97 Å². The maximum atomic E-state index is 11.1. The zero-order chi connectivity index (χ0) is 13.9. The number of carbonyl (C=O) groups is 1. The van der Waals surface area contributed by atoms with Crippen LogP contribution in [0, 0.1) is 0 Å². The normalized spacial score (nSPS) is 10.7. The molecular formula is C14H12N4O2. The van der Waals surface area contributed by atoms with Crippen molar-refractivity contribution in [3.05, 3.63) is 48.9 Å². The van der Waals surface area contributed by atoms with E-state index in [1.807, 2.05) is 28.8 Å². The smallest absolute Gasteiger partial charge is 0.250 e. The lowest BCUT2D eigenvalue weighted by Gasteiger charge is -2.06. The van der Waals surface area contributed by atoms with Crippen molar-refractivity contribution in [2.75, 3.05) is 11.9 Å². The van der Waals surface area contributed by atoms with E-state index in [0.717, 1.165) is 11.0 Å². The first kappa shape index (κ1) is 12.3. The van der Waals surface area contributed by atoms with Crippen LogP contribution in [0.4, 0.5) is 5.69 Å². The van der Waals surface area contributed by atoms with Crippen LogP contribution in [-0.4, -0.2) is 32.2 Å². The summed E-state index contributed by atoms with van der Waals surface area (Å²) in [7, 11) is 0. The molecule has 0 fully saturated rings. The highest BCUT2D eigenvalue weighted by Crippen LogP contribution is 2.17. The Labute approximate surface area is 114 Å². The lowest BCUT2D eigenvalue weighted by atomic mass is 10.3. The number of pyridine rings is 1. The number of rotatable bonds is 3. The molecule has 0 spiro atoms. The standard InChI is InChI=1S/C14H12N4O2/c19-8-14(20)17-10-5-6-13(15-7-10)18-9-16-11-3-1-2-4-12(11)18/h1-7,9,19H,8H2,(H,17,20). The predicted octanol–water partition coefficient (Wildman–Crippen LogP) is 1.35. The second-order valence-corrected chi connectivity index (χ2v) is 4.21. The van der Waals surface area contributed by atoms with E-state index < -0.39 is 12.5 Å². The van der Waals surface area contributed by atoms with Crippen molar-refractivity contribution in [2.45, 2.75) is 0 Å². The van der Waals surface area contributed by atoms with E-state index in [-0.39, 0.29) is 0 Å². The van der Waals surface area contributed by atoms with Gasteiger partial charge in [0.15, 0.2) is 0 Å². The summed E-state index contributed by atoms with van der Waals surface area (Å²) in [6.45, 7) is -0.548. The maximum Gasteiger partial charge on any atom is 0.250 e. The van der Waals surface area contributed by atoms with Crippen molar-refractivity contribution in [1.82, 2.24) is 14.5 Å². The molecule has 6 heteroatoms. The first-order valence-corrected chi connectivity index (χ1v) is 6.07. The molecule has 0 atom stereocenters. The van der Waals surface area contributed by atoms with Crippen molar-refractivity contribution in [1.29, 1.82) is 0 Å². The zero-order valence-electron chi connectivity index (χ0n) is 10.5. The summed E-state index contributed by atoms with van der Waals surface area (Å²) in [5, 5.41) is 11.2. The molecule has 0 aliphatic rings. The number of aliphatic hydroxyl groups excluding tert-OH is 1. The second-order valence-electron chi connectivity index (χ2n) is 4.21. The van der Waals surface area contributed by atoms with E-state index in [1.54, 1.807) is 18.5 Å². The van der Waals surface area contributed by atoms with Crippen LogP contribution in [0.15, 0.2) is 48.9 Å². The topological polar surface area (TPSA) is 80.0 Å². The highest BCUT2D eigenvalue weighted by molar-refractivity contribution is 5.91. The Morgan fingerprint density at radius 2 is 2.05 bits per heavy atom. The zero-order valence-corrected chi connectivity index (χ0v) is 10.5. The number of fused-ring (bicyclic) bond motifs is 1. The predicted molar refractivity (Wildman–Crippen MR) is 74.6 cm³/mol. The van der Waals surface area contributed by atoms with E-state index in [0.29, 0.717) is 11.5 Å². The number of amides is 1. The molecule has 1 aromatic carbocycles. The number of para-hydroxylation sites is 2. The van der Waals surface area contributed by atoms with Gasteiger partial charge in [-0.05, 0) is 24.3 Å². The molecular weight excluding hydrogens is 256 g/mol. The number of hydrogen-bond acceptors (Lipinski definition) is 4. The fourth-order valence-corrected chi connectivity index (χ4v) is 1.94. The Hall–Kier alpha value is -2.73. The molecule has 0 aliphatic heterocycles. The van der Waals surface area contributed by atoms with Gasteiger partial charge in [0.1, 0.15) is 18.8 Å². The van der Waals surface area contributed by atoms with Crippen LogP contribution in [0.1, 0.15) is 0 Å². The number of imidazole rings is 1. The van der Waals surface area contributed by atoms with Crippen LogP contribution in [0.25, 0.3) is 16.9 Å². The molecule has 20 heavy (non-hydrogen) atoms. The van der Waals surface area contributed by atoms with Gasteiger partial charge >= 0.3 is 0 Å². The van der Waals surface area contributed by atoms with Crippen LogP contribution in [0.3, 0.4) is 0 Å². The fraction of sp³-hybridized carbons (Fsp3) is 0.0714. The molecule has 3 rings (SSSR count). The maximum absolute atomic E-state index is 11.1. The van der Waals surface area contributed by atoms with Gasteiger partial charge in [-0.15, -0.1) is 0 Å². The molecule has 1 amide bonds. The summed E-state index contributed by atoms with van der Waals surface area (Å²) in [5.41, 5.74) is 2.40. The summed E-state index contributed by atoms with van der Waals surface area (Å²) in [6.07, 6.45) is 3.25. The molecule has 0 unspecified atom stereocenters. The molecule has 0 radical (unpaired) electrons. The summed E-state index contributed by atoms with van der Waals surface area (Å²) < 4.78 is 1.87. The minimum atomic E-state index is -0.548. The Kier molecular flexibility index (Phi) is 3.14. The Bertz CT molecular complexity index is 749. The van der Waals surface area contributed by atoms with Gasteiger partial charge in [-0.2, -0.15) is 0 Å². The number of nitrogens with one attached hydrogen (secondary N) is 1. The number of hydrogen-bond donors (Lipinski definition) is 2. The third-order valence-corrected chi connectivity index (χ3v) is 2.88. The Morgan fingerprint density at radius 3 is 2.80 bits per heavy atom. The van der Waals surface area contributed by atoms with Gasteiger partial charge in [0.05, 0.1) is 22.9 Å². The number of benzene rings is 1. The quantitative estimate of drug-likeness (QED) is 0.751. The van der Waals surface area contributed by atoms with Crippen LogP contribution >= 0.6 is 0 Å². The number of nitrogens with zero attached hydrogens (tertiary/aromatic N) is 3. The molecule has 6 nitrogen and oxygen atoms in total. The molecule has 0 saturated heterocycles. The molecule has 2 heterocycles. The van der Waals surface area contributed by atoms with Gasteiger partial charge < -0.3 is 10.4 Å². The van der Waals surface area contributed by atoms with E-state index in [9.17, 15) is 4.79 Å². The average Bonchev–Trinajstić information content (AvgIpc) is 2.92. The van der Waals surface area contributed by atoms with E-state index in [4.69, 9.17) is 5.11 Å². The van der Waals surface area contributed by atoms with Gasteiger partial charge in [0, 0.05) is 0 Å². The first-order chi connectivity index (χ1) is 9.78. The van der Waals surface area contributed by atoms with Gasteiger partial charge in [0.2, 0.25) is 5.91 Å². The SMILES string of the molecule is O=C(CO)Nc1ccc(-n2cnc3ccccc32)nc1. The lowest BCUT2D eigenvalue weighted by molar-refractivity contribution is -0.118. The third-order valence-electron chi connectivity index (χ3n) is 2.88. The molecule has 0 saturated carbocycles. The van der Waals surface area contributed by atoms with Crippen molar-refractivity contribution in [3.8, 4) is 5.82 Å². The third kappa shape index (κ3) is 2.24. The summed E-state index contributed by atoms with van der Waals surface area (Å²) in [6, 6.07) is 11.3.